The van der Waals surface area contributed by atoms with Crippen molar-refractivity contribution in [3.63, 3.8) is 0 Å². The van der Waals surface area contributed by atoms with Gasteiger partial charge in [-0.25, -0.2) is 0 Å². The van der Waals surface area contributed by atoms with Crippen molar-refractivity contribution >= 4 is 5.91 Å². The van der Waals surface area contributed by atoms with Gasteiger partial charge < -0.3 is 20.7 Å². The fraction of sp³-hybridized carbons (Fsp3) is 0.909. The highest BCUT2D eigenvalue weighted by atomic mass is 16.5. The van der Waals surface area contributed by atoms with Gasteiger partial charge in [-0.3, -0.25) is 4.79 Å². The highest BCUT2D eigenvalue weighted by molar-refractivity contribution is 5.82. The zero-order valence-electron chi connectivity index (χ0n) is 9.82. The number of hydrogen-bond donors (Lipinski definition) is 2. The average Bonchev–Trinajstić information content (AvgIpc) is 2.31. The average molecular weight is 227 g/mol. The summed E-state index contributed by atoms with van der Waals surface area (Å²) in [6, 6.07) is -0.252. The van der Waals surface area contributed by atoms with E-state index in [0.717, 1.165) is 6.54 Å². The summed E-state index contributed by atoms with van der Waals surface area (Å²) in [5.74, 6) is 0.560. The molecule has 3 aliphatic rings. The summed E-state index contributed by atoms with van der Waals surface area (Å²) in [5, 5.41) is 3.05. The van der Waals surface area contributed by atoms with Crippen molar-refractivity contribution in [1.29, 1.82) is 0 Å². The highest BCUT2D eigenvalue weighted by Crippen LogP contribution is 2.27. The monoisotopic (exact) mass is 227 g/mol. The first kappa shape index (κ1) is 11.8. The first-order chi connectivity index (χ1) is 7.70. The van der Waals surface area contributed by atoms with E-state index < -0.39 is 6.04 Å². The van der Waals surface area contributed by atoms with Crippen LogP contribution in [0.4, 0.5) is 0 Å². The molecule has 3 aliphatic heterocycles. The predicted molar refractivity (Wildman–Crippen MR) is 60.9 cm³/mol. The van der Waals surface area contributed by atoms with Crippen molar-refractivity contribution in [3.05, 3.63) is 0 Å². The van der Waals surface area contributed by atoms with E-state index in [4.69, 9.17) is 10.5 Å². The highest BCUT2D eigenvalue weighted by Gasteiger charge is 2.35. The van der Waals surface area contributed by atoms with E-state index in [0.29, 0.717) is 5.92 Å². The quantitative estimate of drug-likeness (QED) is 0.658. The van der Waals surface area contributed by atoms with E-state index in [9.17, 15) is 4.79 Å². The molecular formula is C11H21N3O2. The molecule has 3 heterocycles. The molecule has 0 radical (unpaired) electrons. The van der Waals surface area contributed by atoms with E-state index in [1.807, 2.05) is 0 Å². The van der Waals surface area contributed by atoms with E-state index in [-0.39, 0.29) is 18.6 Å². The zero-order valence-corrected chi connectivity index (χ0v) is 9.82. The first-order valence-corrected chi connectivity index (χ1v) is 5.98. The number of amides is 1. The van der Waals surface area contributed by atoms with E-state index in [1.54, 1.807) is 7.11 Å². The van der Waals surface area contributed by atoms with Crippen LogP contribution in [0.5, 0.6) is 0 Å². The molecule has 2 atom stereocenters. The van der Waals surface area contributed by atoms with Crippen LogP contribution in [0.15, 0.2) is 0 Å². The van der Waals surface area contributed by atoms with Gasteiger partial charge in [0.25, 0.3) is 0 Å². The Morgan fingerprint density at radius 2 is 2.25 bits per heavy atom. The van der Waals surface area contributed by atoms with E-state index in [2.05, 4.69) is 10.2 Å². The lowest BCUT2D eigenvalue weighted by atomic mass is 9.84. The van der Waals surface area contributed by atoms with Crippen molar-refractivity contribution in [1.82, 2.24) is 10.2 Å². The number of hydrogen-bond acceptors (Lipinski definition) is 4. The molecule has 3 N–H and O–H groups in total. The molecule has 2 bridgehead atoms. The Kier molecular flexibility index (Phi) is 3.78. The van der Waals surface area contributed by atoms with Gasteiger partial charge >= 0.3 is 0 Å². The van der Waals surface area contributed by atoms with Gasteiger partial charge in [0.05, 0.1) is 6.61 Å². The Hall–Kier alpha value is -0.650. The molecular weight excluding hydrogens is 206 g/mol. The lowest BCUT2D eigenvalue weighted by molar-refractivity contribution is -0.125. The van der Waals surface area contributed by atoms with Crippen LogP contribution in [-0.2, 0) is 9.53 Å². The van der Waals surface area contributed by atoms with Crippen molar-refractivity contribution in [3.8, 4) is 0 Å². The number of carbonyl (C=O) groups excluding carboxylic acids is 1. The van der Waals surface area contributed by atoms with Crippen LogP contribution in [0, 0.1) is 5.92 Å². The lowest BCUT2D eigenvalue weighted by Crippen LogP contribution is -2.59. The Labute approximate surface area is 96.3 Å². The van der Waals surface area contributed by atoms with Gasteiger partial charge in [0, 0.05) is 19.7 Å². The van der Waals surface area contributed by atoms with Gasteiger partial charge in [-0.05, 0) is 31.8 Å². The van der Waals surface area contributed by atoms with Gasteiger partial charge in [0.1, 0.15) is 6.04 Å². The SMILES string of the molecule is COCC(N)C(=O)NC1CN2CCC1CC2. The van der Waals surface area contributed by atoms with E-state index >= 15 is 0 Å². The number of fused-ring (bicyclic) bond motifs is 3. The number of carbonyl (C=O) groups is 1. The predicted octanol–water partition coefficient (Wildman–Crippen LogP) is -0.829. The van der Waals surface area contributed by atoms with E-state index in [1.165, 1.54) is 25.9 Å². The molecule has 0 aliphatic carbocycles. The molecule has 0 aromatic carbocycles. The standard InChI is InChI=1S/C11H21N3O2/c1-16-7-9(12)11(15)13-10-6-14-4-2-8(10)3-5-14/h8-10H,2-7,12H2,1H3,(H,13,15). The van der Waals surface area contributed by atoms with Crippen molar-refractivity contribution in [2.75, 3.05) is 33.4 Å². The van der Waals surface area contributed by atoms with Gasteiger partial charge in [0.2, 0.25) is 5.91 Å². The van der Waals surface area contributed by atoms with Crippen LogP contribution in [0.2, 0.25) is 0 Å². The first-order valence-electron chi connectivity index (χ1n) is 5.98. The summed E-state index contributed by atoms with van der Waals surface area (Å²) in [6.45, 7) is 3.63. The summed E-state index contributed by atoms with van der Waals surface area (Å²) < 4.78 is 4.88. The normalized spacial score (nSPS) is 34.8. The van der Waals surface area contributed by atoms with Gasteiger partial charge in [-0.15, -0.1) is 0 Å². The minimum Gasteiger partial charge on any atom is -0.383 e. The molecule has 5 heteroatoms. The summed E-state index contributed by atoms with van der Waals surface area (Å²) in [6.07, 6.45) is 2.40. The maximum Gasteiger partial charge on any atom is 0.239 e. The minimum absolute atomic E-state index is 0.0828. The number of piperidine rings is 3. The Morgan fingerprint density at radius 1 is 1.56 bits per heavy atom. The number of nitrogens with two attached hydrogens (primary N) is 1. The molecule has 2 unspecified atom stereocenters. The minimum atomic E-state index is -0.541. The maximum atomic E-state index is 11.7. The molecule has 0 aromatic rings. The molecule has 5 nitrogen and oxygen atoms in total. The molecule has 0 aromatic heterocycles. The van der Waals surface area contributed by atoms with Gasteiger partial charge in [-0.1, -0.05) is 0 Å². The second kappa shape index (κ2) is 5.12. The van der Waals surface area contributed by atoms with Crippen LogP contribution in [0.3, 0.4) is 0 Å². The molecule has 0 spiro atoms. The van der Waals surface area contributed by atoms with Gasteiger partial charge in [0.15, 0.2) is 0 Å². The smallest absolute Gasteiger partial charge is 0.239 e. The summed E-state index contributed by atoms with van der Waals surface area (Å²) in [7, 11) is 1.56. The molecule has 16 heavy (non-hydrogen) atoms. The number of methoxy groups -OCH3 is 1. The molecule has 92 valence electrons. The van der Waals surface area contributed by atoms with Crippen molar-refractivity contribution in [2.24, 2.45) is 11.7 Å². The molecule has 3 fully saturated rings. The second-order valence-electron chi connectivity index (χ2n) is 4.81. The third-order valence-corrected chi connectivity index (χ3v) is 3.67. The fourth-order valence-electron chi connectivity index (χ4n) is 2.67. The third-order valence-electron chi connectivity index (χ3n) is 3.67. The van der Waals surface area contributed by atoms with Gasteiger partial charge in [-0.2, -0.15) is 0 Å². The third kappa shape index (κ3) is 2.53. The van der Waals surface area contributed by atoms with Crippen molar-refractivity contribution < 1.29 is 9.53 Å². The van der Waals surface area contributed by atoms with Crippen LogP contribution < -0.4 is 11.1 Å². The second-order valence-corrected chi connectivity index (χ2v) is 4.81. The topological polar surface area (TPSA) is 67.6 Å². The largest absolute Gasteiger partial charge is 0.383 e. The molecule has 0 saturated carbocycles. The molecule has 3 rings (SSSR count). The zero-order chi connectivity index (χ0) is 11.5. The van der Waals surface area contributed by atoms with Crippen molar-refractivity contribution in [2.45, 2.75) is 24.9 Å². The van der Waals surface area contributed by atoms with Crippen LogP contribution in [-0.4, -0.2) is 56.2 Å². The number of rotatable bonds is 4. The molecule has 3 saturated heterocycles. The van der Waals surface area contributed by atoms with Crippen LogP contribution in [0.25, 0.3) is 0 Å². The van der Waals surface area contributed by atoms with Crippen LogP contribution in [0.1, 0.15) is 12.8 Å². The fourth-order valence-corrected chi connectivity index (χ4v) is 2.67. The maximum absolute atomic E-state index is 11.7. The molecule has 1 amide bonds. The Bertz CT molecular complexity index is 252. The Balaban J connectivity index is 1.83. The number of nitrogens with one attached hydrogen (secondary N) is 1. The summed E-state index contributed by atoms with van der Waals surface area (Å²) in [4.78, 5) is 14.2. The Morgan fingerprint density at radius 3 is 2.75 bits per heavy atom. The van der Waals surface area contributed by atoms with Crippen LogP contribution >= 0.6 is 0 Å². The summed E-state index contributed by atoms with van der Waals surface area (Å²) >= 11 is 0. The summed E-state index contributed by atoms with van der Waals surface area (Å²) in [5.41, 5.74) is 5.69. The number of ether oxygens (including phenoxy) is 1. The number of nitrogens with zero attached hydrogens (tertiary/aromatic N) is 1. The lowest BCUT2D eigenvalue weighted by Gasteiger charge is -2.45.